The van der Waals surface area contributed by atoms with Crippen LogP contribution in [0.15, 0.2) is 30.3 Å². The maximum absolute atomic E-state index is 13.7. The van der Waals surface area contributed by atoms with E-state index >= 15 is 0 Å². The molecular weight excluding hydrogens is 498 g/mol. The molecule has 1 aromatic rings. The number of nitrogens with one attached hydrogen (secondary N) is 3. The SMILES string of the molecule is C#CCCC(NC(=O)[C@@H]1CCCN1C(=O)C(NC(=O)NC(CC)Cc1ccccc1)C(C)(C)C)C(=O)C(N)=O. The lowest BCUT2D eigenvalue weighted by molar-refractivity contribution is -0.143. The first-order valence-electron chi connectivity index (χ1n) is 13.4. The summed E-state index contributed by atoms with van der Waals surface area (Å²) in [5, 5.41) is 8.36. The molecule has 0 spiro atoms. The lowest BCUT2D eigenvalue weighted by Gasteiger charge is -2.36. The van der Waals surface area contributed by atoms with Crippen molar-refractivity contribution in [3.05, 3.63) is 35.9 Å². The lowest BCUT2D eigenvalue weighted by Crippen LogP contribution is -2.60. The predicted octanol–water partition coefficient (Wildman–Crippen LogP) is 1.67. The summed E-state index contributed by atoms with van der Waals surface area (Å²) in [7, 11) is 0. The van der Waals surface area contributed by atoms with E-state index in [1.165, 1.54) is 4.90 Å². The quantitative estimate of drug-likeness (QED) is 0.235. The molecule has 10 nitrogen and oxygen atoms in total. The van der Waals surface area contributed by atoms with Crippen molar-refractivity contribution >= 4 is 29.5 Å². The maximum Gasteiger partial charge on any atom is 0.315 e. The third-order valence-electron chi connectivity index (χ3n) is 6.83. The lowest BCUT2D eigenvalue weighted by atomic mass is 9.85. The van der Waals surface area contributed by atoms with Crippen molar-refractivity contribution in [2.75, 3.05) is 6.54 Å². The number of urea groups is 1. The number of benzene rings is 1. The van der Waals surface area contributed by atoms with Crippen molar-refractivity contribution in [3.63, 3.8) is 0 Å². The fraction of sp³-hybridized carbons (Fsp3) is 0.552. The second kappa shape index (κ2) is 14.3. The molecule has 10 heteroatoms. The molecule has 1 aromatic carbocycles. The Labute approximate surface area is 230 Å². The van der Waals surface area contributed by atoms with Crippen LogP contribution >= 0.6 is 0 Å². The predicted molar refractivity (Wildman–Crippen MR) is 148 cm³/mol. The molecule has 1 fully saturated rings. The van der Waals surface area contributed by atoms with Gasteiger partial charge in [0.05, 0.1) is 6.04 Å². The molecule has 0 radical (unpaired) electrons. The summed E-state index contributed by atoms with van der Waals surface area (Å²) in [6, 6.07) is 6.29. The van der Waals surface area contributed by atoms with Gasteiger partial charge >= 0.3 is 6.03 Å². The zero-order valence-corrected chi connectivity index (χ0v) is 23.3. The number of hydrogen-bond donors (Lipinski definition) is 4. The molecule has 0 bridgehead atoms. The number of Topliss-reactive ketones (excluding diaryl/α,β-unsaturated/α-hetero) is 1. The van der Waals surface area contributed by atoms with Gasteiger partial charge in [0.25, 0.3) is 5.91 Å². The number of carbonyl (C=O) groups excluding carboxylic acids is 5. The van der Waals surface area contributed by atoms with Crippen LogP contribution in [0, 0.1) is 17.8 Å². The summed E-state index contributed by atoms with van der Waals surface area (Å²) in [6.45, 7) is 7.81. The van der Waals surface area contributed by atoms with Gasteiger partial charge in [-0.2, -0.15) is 0 Å². The molecule has 3 unspecified atom stereocenters. The first-order valence-corrected chi connectivity index (χ1v) is 13.4. The molecule has 0 aliphatic carbocycles. The minimum absolute atomic E-state index is 0.0542. The molecule has 2 rings (SSSR count). The monoisotopic (exact) mass is 539 g/mol. The Morgan fingerprint density at radius 1 is 1.10 bits per heavy atom. The van der Waals surface area contributed by atoms with Gasteiger partial charge in [-0.05, 0) is 43.1 Å². The molecule has 5 N–H and O–H groups in total. The minimum atomic E-state index is -1.17. The topological polar surface area (TPSA) is 151 Å². The molecule has 1 heterocycles. The van der Waals surface area contributed by atoms with Crippen LogP contribution in [-0.2, 0) is 25.6 Å². The number of nitrogens with two attached hydrogens (primary N) is 1. The number of nitrogens with zero attached hydrogens (tertiary/aromatic N) is 1. The van der Waals surface area contributed by atoms with Gasteiger partial charge in [-0.3, -0.25) is 19.2 Å². The van der Waals surface area contributed by atoms with E-state index in [1.807, 2.05) is 58.0 Å². The van der Waals surface area contributed by atoms with Crippen LogP contribution in [-0.4, -0.2) is 65.1 Å². The zero-order valence-electron chi connectivity index (χ0n) is 23.3. The number of ketones is 1. The van der Waals surface area contributed by atoms with Crippen molar-refractivity contribution in [1.29, 1.82) is 0 Å². The fourth-order valence-corrected chi connectivity index (χ4v) is 4.61. The van der Waals surface area contributed by atoms with Crippen molar-refractivity contribution in [2.24, 2.45) is 11.1 Å². The second-order valence-corrected chi connectivity index (χ2v) is 10.9. The minimum Gasteiger partial charge on any atom is -0.363 e. The molecule has 1 aliphatic heterocycles. The van der Waals surface area contributed by atoms with Gasteiger partial charge in [0, 0.05) is 19.0 Å². The standard InChI is InChI=1S/C29H41N5O5/c1-6-8-15-21(23(35)25(30)36)32-26(37)22-16-12-17-34(22)27(38)24(29(3,4)5)33-28(39)31-20(7-2)18-19-13-10-9-11-14-19/h1,9-11,13-14,20-22,24H,7-8,12,15-18H2,2-5H3,(H2,30,36)(H,32,37)(H2,31,33,39)/t20?,21?,22-,24?/m0/s1. The van der Waals surface area contributed by atoms with Crippen molar-refractivity contribution in [3.8, 4) is 12.3 Å². The molecule has 39 heavy (non-hydrogen) atoms. The third-order valence-corrected chi connectivity index (χ3v) is 6.83. The first-order chi connectivity index (χ1) is 18.4. The van der Waals surface area contributed by atoms with Crippen LogP contribution in [0.5, 0.6) is 0 Å². The second-order valence-electron chi connectivity index (χ2n) is 10.9. The van der Waals surface area contributed by atoms with Gasteiger partial charge in [0.2, 0.25) is 17.6 Å². The highest BCUT2D eigenvalue weighted by Gasteiger charge is 2.42. The molecular formula is C29H41N5O5. The summed E-state index contributed by atoms with van der Waals surface area (Å²) in [5.74, 6) is -0.698. The molecule has 1 aliphatic rings. The van der Waals surface area contributed by atoms with Crippen molar-refractivity contribution in [1.82, 2.24) is 20.9 Å². The summed E-state index contributed by atoms with van der Waals surface area (Å²) in [5.41, 5.74) is 5.57. The first kappa shape index (κ1) is 31.3. The van der Waals surface area contributed by atoms with E-state index in [0.29, 0.717) is 32.2 Å². The number of primary amides is 1. The average molecular weight is 540 g/mol. The van der Waals surface area contributed by atoms with E-state index in [9.17, 15) is 24.0 Å². The highest BCUT2D eigenvalue weighted by molar-refractivity contribution is 6.37. The zero-order chi connectivity index (χ0) is 29.2. The van der Waals surface area contributed by atoms with Crippen LogP contribution in [0.3, 0.4) is 0 Å². The number of rotatable bonds is 12. The Morgan fingerprint density at radius 2 is 1.77 bits per heavy atom. The van der Waals surface area contributed by atoms with Crippen molar-refractivity contribution < 1.29 is 24.0 Å². The molecule has 4 atom stereocenters. The Bertz CT molecular complexity index is 1080. The summed E-state index contributed by atoms with van der Waals surface area (Å²) >= 11 is 0. The summed E-state index contributed by atoms with van der Waals surface area (Å²) < 4.78 is 0. The van der Waals surface area contributed by atoms with Crippen LogP contribution in [0.25, 0.3) is 0 Å². The highest BCUT2D eigenvalue weighted by atomic mass is 16.2. The van der Waals surface area contributed by atoms with E-state index in [1.54, 1.807) is 0 Å². The number of hydrogen-bond acceptors (Lipinski definition) is 5. The molecule has 1 saturated heterocycles. The number of amides is 5. The van der Waals surface area contributed by atoms with E-state index < -0.39 is 53.1 Å². The smallest absolute Gasteiger partial charge is 0.315 e. The molecule has 212 valence electrons. The largest absolute Gasteiger partial charge is 0.363 e. The Balaban J connectivity index is 2.13. The number of terminal acetylenes is 1. The average Bonchev–Trinajstić information content (AvgIpc) is 3.38. The molecule has 0 saturated carbocycles. The van der Waals surface area contributed by atoms with Crippen LogP contribution < -0.4 is 21.7 Å². The van der Waals surface area contributed by atoms with Gasteiger partial charge in [-0.15, -0.1) is 12.3 Å². The number of carbonyl (C=O) groups is 5. The summed E-state index contributed by atoms with van der Waals surface area (Å²) in [4.78, 5) is 65.0. The van der Waals surface area contributed by atoms with Gasteiger partial charge in [0.1, 0.15) is 12.1 Å². The van der Waals surface area contributed by atoms with Crippen molar-refractivity contribution in [2.45, 2.75) is 90.4 Å². The van der Waals surface area contributed by atoms with Gasteiger partial charge in [-0.25, -0.2) is 4.79 Å². The third kappa shape index (κ3) is 9.13. The number of likely N-dealkylation sites (tertiary alicyclic amines) is 1. The Kier molecular flexibility index (Phi) is 11.5. The van der Waals surface area contributed by atoms with Crippen LogP contribution in [0.2, 0.25) is 0 Å². The molecule has 0 aromatic heterocycles. The van der Waals surface area contributed by atoms with Crippen LogP contribution in [0.4, 0.5) is 4.79 Å². The Morgan fingerprint density at radius 3 is 2.33 bits per heavy atom. The van der Waals surface area contributed by atoms with E-state index in [2.05, 4.69) is 21.9 Å². The maximum atomic E-state index is 13.7. The van der Waals surface area contributed by atoms with Gasteiger partial charge in [0.15, 0.2) is 0 Å². The van der Waals surface area contributed by atoms with E-state index in [4.69, 9.17) is 12.2 Å². The van der Waals surface area contributed by atoms with E-state index in [-0.39, 0.29) is 18.9 Å². The van der Waals surface area contributed by atoms with Gasteiger partial charge < -0.3 is 26.6 Å². The highest BCUT2D eigenvalue weighted by Crippen LogP contribution is 2.26. The normalized spacial score (nSPS) is 17.3. The van der Waals surface area contributed by atoms with Crippen LogP contribution in [0.1, 0.15) is 65.4 Å². The van der Waals surface area contributed by atoms with Gasteiger partial charge in [-0.1, -0.05) is 58.0 Å². The molecule has 5 amide bonds. The van der Waals surface area contributed by atoms with E-state index in [0.717, 1.165) is 5.56 Å². The summed E-state index contributed by atoms with van der Waals surface area (Å²) in [6.07, 6.45) is 7.79. The Hall–Kier alpha value is -3.87. The fourth-order valence-electron chi connectivity index (χ4n) is 4.61.